The molecule has 0 atom stereocenters. The van der Waals surface area contributed by atoms with Gasteiger partial charge in [-0.2, -0.15) is 10.2 Å². The van der Waals surface area contributed by atoms with Crippen LogP contribution in [0.4, 0.5) is 0 Å². The first-order valence-electron chi connectivity index (χ1n) is 8.46. The molecule has 128 valence electrons. The summed E-state index contributed by atoms with van der Waals surface area (Å²) in [5, 5.41) is 32.9. The number of nitrogens with zero attached hydrogens (tertiary/aromatic N) is 2. The SMILES string of the molecule is Oc1ccc2ccccc2c1CN=NCc1c(O)ccc2ccccc12. The molecule has 0 aliphatic carbocycles. The Morgan fingerprint density at radius 1 is 0.538 bits per heavy atom. The van der Waals surface area contributed by atoms with E-state index in [1.54, 1.807) is 12.1 Å². The van der Waals surface area contributed by atoms with Gasteiger partial charge in [-0.25, -0.2) is 0 Å². The molecule has 2 N–H and O–H groups in total. The number of phenols is 2. The van der Waals surface area contributed by atoms with E-state index in [9.17, 15) is 10.2 Å². The summed E-state index contributed by atoms with van der Waals surface area (Å²) in [6.45, 7) is 0.581. The Labute approximate surface area is 151 Å². The maximum absolute atomic E-state index is 10.2. The smallest absolute Gasteiger partial charge is 0.121 e. The summed E-state index contributed by atoms with van der Waals surface area (Å²) in [7, 11) is 0. The lowest BCUT2D eigenvalue weighted by molar-refractivity contribution is 0.467. The first-order valence-corrected chi connectivity index (χ1v) is 8.46. The van der Waals surface area contributed by atoms with Gasteiger partial charge < -0.3 is 10.2 Å². The predicted octanol–water partition coefficient (Wildman–Crippen LogP) is 5.56. The van der Waals surface area contributed by atoms with E-state index < -0.39 is 0 Å². The lowest BCUT2D eigenvalue weighted by Gasteiger charge is -2.07. The van der Waals surface area contributed by atoms with Crippen molar-refractivity contribution in [3.05, 3.63) is 83.9 Å². The Morgan fingerprint density at radius 3 is 1.42 bits per heavy atom. The van der Waals surface area contributed by atoms with E-state index in [0.717, 1.165) is 32.7 Å². The van der Waals surface area contributed by atoms with Gasteiger partial charge >= 0.3 is 0 Å². The van der Waals surface area contributed by atoms with E-state index in [-0.39, 0.29) is 11.5 Å². The van der Waals surface area contributed by atoms with Crippen LogP contribution >= 0.6 is 0 Å². The zero-order chi connectivity index (χ0) is 17.9. The summed E-state index contributed by atoms with van der Waals surface area (Å²) < 4.78 is 0. The lowest BCUT2D eigenvalue weighted by Crippen LogP contribution is -1.88. The third kappa shape index (κ3) is 2.97. The highest BCUT2D eigenvalue weighted by molar-refractivity contribution is 5.88. The topological polar surface area (TPSA) is 65.2 Å². The van der Waals surface area contributed by atoms with Crippen molar-refractivity contribution in [3.8, 4) is 11.5 Å². The fraction of sp³-hybridized carbons (Fsp3) is 0.0909. The van der Waals surface area contributed by atoms with Gasteiger partial charge in [0.15, 0.2) is 0 Å². The van der Waals surface area contributed by atoms with Crippen LogP contribution in [0.2, 0.25) is 0 Å². The molecule has 0 aliphatic heterocycles. The zero-order valence-corrected chi connectivity index (χ0v) is 14.1. The van der Waals surface area contributed by atoms with E-state index in [2.05, 4.69) is 10.2 Å². The fourth-order valence-corrected chi connectivity index (χ4v) is 3.22. The molecule has 0 saturated heterocycles. The molecule has 4 rings (SSSR count). The van der Waals surface area contributed by atoms with Crippen molar-refractivity contribution in [2.24, 2.45) is 10.2 Å². The molecule has 26 heavy (non-hydrogen) atoms. The number of hydrogen-bond acceptors (Lipinski definition) is 4. The molecule has 0 aliphatic rings. The summed E-state index contributed by atoms with van der Waals surface area (Å²) in [5.41, 5.74) is 1.52. The molecular weight excluding hydrogens is 324 g/mol. The standard InChI is InChI=1S/C22H18N2O2/c25-21-11-9-15-5-1-3-7-17(15)19(21)13-23-24-14-20-18-8-4-2-6-16(18)10-12-22(20)26/h1-12,25-26H,13-14H2. The second kappa shape index (κ2) is 6.84. The molecule has 4 aromatic rings. The number of rotatable bonds is 4. The minimum absolute atomic E-state index is 0.218. The molecule has 0 aromatic heterocycles. The molecule has 4 heteroatoms. The van der Waals surface area contributed by atoms with Crippen molar-refractivity contribution in [2.75, 3.05) is 0 Å². The summed E-state index contributed by atoms with van der Waals surface area (Å²) in [6.07, 6.45) is 0. The summed E-state index contributed by atoms with van der Waals surface area (Å²) in [5.74, 6) is 0.436. The van der Waals surface area contributed by atoms with Crippen molar-refractivity contribution >= 4 is 21.5 Å². The van der Waals surface area contributed by atoms with Crippen molar-refractivity contribution < 1.29 is 10.2 Å². The van der Waals surface area contributed by atoms with E-state index in [4.69, 9.17) is 0 Å². The van der Waals surface area contributed by atoms with Gasteiger partial charge in [-0.1, -0.05) is 60.7 Å². The van der Waals surface area contributed by atoms with Gasteiger partial charge in [0.25, 0.3) is 0 Å². The fourth-order valence-electron chi connectivity index (χ4n) is 3.22. The van der Waals surface area contributed by atoms with E-state index in [0.29, 0.717) is 13.1 Å². The highest BCUT2D eigenvalue weighted by atomic mass is 16.3. The van der Waals surface area contributed by atoms with Crippen LogP contribution in [-0.2, 0) is 13.1 Å². The van der Waals surface area contributed by atoms with Gasteiger partial charge in [0, 0.05) is 11.1 Å². The Morgan fingerprint density at radius 2 is 0.962 bits per heavy atom. The average molecular weight is 342 g/mol. The van der Waals surface area contributed by atoms with Gasteiger partial charge in [0.05, 0.1) is 13.1 Å². The Balaban J connectivity index is 1.60. The first kappa shape index (κ1) is 16.1. The zero-order valence-electron chi connectivity index (χ0n) is 14.1. The van der Waals surface area contributed by atoms with E-state index in [1.807, 2.05) is 60.7 Å². The molecule has 4 nitrogen and oxygen atoms in total. The largest absolute Gasteiger partial charge is 0.508 e. The van der Waals surface area contributed by atoms with E-state index in [1.165, 1.54) is 0 Å². The van der Waals surface area contributed by atoms with Crippen LogP contribution < -0.4 is 0 Å². The summed E-state index contributed by atoms with van der Waals surface area (Å²) in [6, 6.07) is 22.9. The summed E-state index contributed by atoms with van der Waals surface area (Å²) in [4.78, 5) is 0. The Bertz CT molecular complexity index is 1030. The van der Waals surface area contributed by atoms with Crippen LogP contribution in [0.25, 0.3) is 21.5 Å². The van der Waals surface area contributed by atoms with Gasteiger partial charge in [-0.3, -0.25) is 0 Å². The average Bonchev–Trinajstić information content (AvgIpc) is 2.68. The minimum atomic E-state index is 0.218. The van der Waals surface area contributed by atoms with Crippen molar-refractivity contribution in [2.45, 2.75) is 13.1 Å². The van der Waals surface area contributed by atoms with Gasteiger partial charge in [0.2, 0.25) is 0 Å². The molecule has 0 saturated carbocycles. The molecule has 0 fully saturated rings. The minimum Gasteiger partial charge on any atom is -0.508 e. The molecule has 4 aromatic carbocycles. The molecule has 0 amide bonds. The number of azo groups is 1. The molecule has 0 spiro atoms. The molecular formula is C22H18N2O2. The van der Waals surface area contributed by atoms with Gasteiger partial charge in [-0.05, 0) is 33.7 Å². The lowest BCUT2D eigenvalue weighted by atomic mass is 10.0. The van der Waals surface area contributed by atoms with Crippen LogP contribution in [0, 0.1) is 0 Å². The normalized spacial score (nSPS) is 11.5. The third-order valence-corrected chi connectivity index (χ3v) is 4.59. The Hall–Kier alpha value is -3.40. The van der Waals surface area contributed by atoms with E-state index >= 15 is 0 Å². The monoisotopic (exact) mass is 342 g/mol. The maximum atomic E-state index is 10.2. The van der Waals surface area contributed by atoms with Crippen LogP contribution in [0.1, 0.15) is 11.1 Å². The van der Waals surface area contributed by atoms with Crippen LogP contribution in [0.5, 0.6) is 11.5 Å². The van der Waals surface area contributed by atoms with Crippen LogP contribution in [-0.4, -0.2) is 10.2 Å². The van der Waals surface area contributed by atoms with Crippen LogP contribution in [0.3, 0.4) is 0 Å². The second-order valence-corrected chi connectivity index (χ2v) is 6.17. The molecule has 0 radical (unpaired) electrons. The number of fused-ring (bicyclic) bond motifs is 2. The maximum Gasteiger partial charge on any atom is 0.121 e. The number of aromatic hydroxyl groups is 2. The van der Waals surface area contributed by atoms with Crippen LogP contribution in [0.15, 0.2) is 83.0 Å². The third-order valence-electron chi connectivity index (χ3n) is 4.59. The first-order chi connectivity index (χ1) is 12.7. The highest BCUT2D eigenvalue weighted by Gasteiger charge is 2.07. The predicted molar refractivity (Wildman–Crippen MR) is 103 cm³/mol. The van der Waals surface area contributed by atoms with Crippen molar-refractivity contribution in [1.82, 2.24) is 0 Å². The Kier molecular flexibility index (Phi) is 4.23. The number of benzene rings is 4. The second-order valence-electron chi connectivity index (χ2n) is 6.17. The summed E-state index contributed by atoms with van der Waals surface area (Å²) >= 11 is 0. The van der Waals surface area contributed by atoms with Gasteiger partial charge in [-0.15, -0.1) is 0 Å². The highest BCUT2D eigenvalue weighted by Crippen LogP contribution is 2.29. The number of phenolic OH excluding ortho intramolecular Hbond substituents is 2. The molecule has 0 bridgehead atoms. The van der Waals surface area contributed by atoms with Crippen molar-refractivity contribution in [3.63, 3.8) is 0 Å². The quantitative estimate of drug-likeness (QED) is 0.477. The molecule has 0 unspecified atom stereocenters. The molecule has 0 heterocycles. The van der Waals surface area contributed by atoms with Crippen molar-refractivity contribution in [1.29, 1.82) is 0 Å². The number of hydrogen-bond donors (Lipinski definition) is 2. The van der Waals surface area contributed by atoms with Gasteiger partial charge in [0.1, 0.15) is 11.5 Å².